The SMILES string of the molecule is CC1(C)c2cccc(O)c2C(C)(C=O)C1(C)C. The molecule has 0 aliphatic heterocycles. The van der Waals surface area contributed by atoms with Crippen molar-refractivity contribution in [1.29, 1.82) is 0 Å². The van der Waals surface area contributed by atoms with Crippen LogP contribution in [0.2, 0.25) is 0 Å². The smallest absolute Gasteiger partial charge is 0.130 e. The van der Waals surface area contributed by atoms with E-state index in [0.717, 1.165) is 17.4 Å². The predicted molar refractivity (Wildman–Crippen MR) is 68.3 cm³/mol. The molecule has 1 aromatic rings. The van der Waals surface area contributed by atoms with Crippen LogP contribution in [0, 0.1) is 5.41 Å². The number of aldehydes is 1. The molecule has 17 heavy (non-hydrogen) atoms. The van der Waals surface area contributed by atoms with Gasteiger partial charge in [0.05, 0.1) is 5.41 Å². The first-order chi connectivity index (χ1) is 7.70. The van der Waals surface area contributed by atoms with Gasteiger partial charge in [-0.25, -0.2) is 0 Å². The number of fused-ring (bicyclic) bond motifs is 1. The van der Waals surface area contributed by atoms with E-state index in [4.69, 9.17) is 0 Å². The van der Waals surface area contributed by atoms with Crippen LogP contribution in [-0.2, 0) is 15.6 Å². The number of carbonyl (C=O) groups excluding carboxylic acids is 1. The molecule has 1 unspecified atom stereocenters. The summed E-state index contributed by atoms with van der Waals surface area (Å²) in [6.07, 6.45) is 0.986. The molecule has 0 amide bonds. The van der Waals surface area contributed by atoms with E-state index >= 15 is 0 Å². The third kappa shape index (κ3) is 1.13. The number of hydrogen-bond donors (Lipinski definition) is 1. The highest BCUT2D eigenvalue weighted by atomic mass is 16.3. The molecule has 2 heteroatoms. The number of rotatable bonds is 1. The molecule has 92 valence electrons. The zero-order valence-corrected chi connectivity index (χ0v) is 11.2. The maximum atomic E-state index is 11.6. The van der Waals surface area contributed by atoms with E-state index in [0.29, 0.717) is 0 Å². The summed E-state index contributed by atoms with van der Waals surface area (Å²) in [5.74, 6) is 0.232. The number of hydrogen-bond acceptors (Lipinski definition) is 2. The van der Waals surface area contributed by atoms with Crippen LogP contribution in [0.3, 0.4) is 0 Å². The fourth-order valence-corrected chi connectivity index (χ4v) is 3.11. The second-order valence-corrected chi connectivity index (χ2v) is 6.27. The van der Waals surface area contributed by atoms with Crippen molar-refractivity contribution in [2.24, 2.45) is 5.41 Å². The summed E-state index contributed by atoms with van der Waals surface area (Å²) in [6.45, 7) is 10.4. The molecule has 2 nitrogen and oxygen atoms in total. The standard InChI is InChI=1S/C15H20O2/c1-13(2)10-7-6-8-11(17)12(10)15(5,9-16)14(13,3)4/h6-9,17H,1-5H3. The third-order valence-corrected chi connectivity index (χ3v) is 5.33. The average molecular weight is 232 g/mol. The topological polar surface area (TPSA) is 37.3 Å². The first kappa shape index (κ1) is 12.2. The van der Waals surface area contributed by atoms with Gasteiger partial charge in [0.15, 0.2) is 0 Å². The molecule has 0 bridgehead atoms. The molecule has 0 saturated carbocycles. The van der Waals surface area contributed by atoms with Crippen LogP contribution >= 0.6 is 0 Å². The van der Waals surface area contributed by atoms with Crippen molar-refractivity contribution >= 4 is 6.29 Å². The Kier molecular flexibility index (Phi) is 2.23. The van der Waals surface area contributed by atoms with Crippen molar-refractivity contribution in [3.63, 3.8) is 0 Å². The van der Waals surface area contributed by atoms with Crippen LogP contribution in [0.15, 0.2) is 18.2 Å². The molecule has 0 saturated heterocycles. The van der Waals surface area contributed by atoms with Gasteiger partial charge in [-0.2, -0.15) is 0 Å². The van der Waals surface area contributed by atoms with Crippen LogP contribution in [0.25, 0.3) is 0 Å². The number of benzene rings is 1. The Labute approximate surface area is 103 Å². The minimum Gasteiger partial charge on any atom is -0.508 e. The predicted octanol–water partition coefficient (Wildman–Crippen LogP) is 3.17. The quantitative estimate of drug-likeness (QED) is 0.755. The molecule has 1 N–H and O–H groups in total. The van der Waals surface area contributed by atoms with Crippen LogP contribution < -0.4 is 0 Å². The van der Waals surface area contributed by atoms with E-state index in [1.807, 2.05) is 19.1 Å². The van der Waals surface area contributed by atoms with E-state index < -0.39 is 5.41 Å². The summed E-state index contributed by atoms with van der Waals surface area (Å²) in [4.78, 5) is 11.6. The van der Waals surface area contributed by atoms with Gasteiger partial charge in [-0.15, -0.1) is 0 Å². The van der Waals surface area contributed by atoms with Crippen molar-refractivity contribution in [3.8, 4) is 5.75 Å². The second kappa shape index (κ2) is 3.12. The molecular formula is C15H20O2. The Balaban J connectivity index is 2.89. The Morgan fingerprint density at radius 2 is 1.71 bits per heavy atom. The van der Waals surface area contributed by atoms with Gasteiger partial charge in [0.2, 0.25) is 0 Å². The lowest BCUT2D eigenvalue weighted by atomic mass is 9.59. The summed E-state index contributed by atoms with van der Waals surface area (Å²) >= 11 is 0. The molecule has 1 aliphatic rings. The molecule has 0 radical (unpaired) electrons. The van der Waals surface area contributed by atoms with Crippen LogP contribution in [0.4, 0.5) is 0 Å². The fourth-order valence-electron chi connectivity index (χ4n) is 3.11. The van der Waals surface area contributed by atoms with Crippen molar-refractivity contribution in [3.05, 3.63) is 29.3 Å². The Morgan fingerprint density at radius 1 is 1.12 bits per heavy atom. The molecule has 2 rings (SSSR count). The Hall–Kier alpha value is -1.31. The maximum Gasteiger partial charge on any atom is 0.130 e. The number of phenols is 1. The van der Waals surface area contributed by atoms with Crippen molar-refractivity contribution in [1.82, 2.24) is 0 Å². The molecule has 1 atom stereocenters. The molecule has 1 aromatic carbocycles. The first-order valence-electron chi connectivity index (χ1n) is 5.99. The zero-order valence-electron chi connectivity index (χ0n) is 11.2. The zero-order chi connectivity index (χ0) is 13.1. The lowest BCUT2D eigenvalue weighted by Crippen LogP contribution is -2.45. The molecule has 0 spiro atoms. The first-order valence-corrected chi connectivity index (χ1v) is 5.99. The van der Waals surface area contributed by atoms with E-state index in [1.165, 1.54) is 0 Å². The third-order valence-electron chi connectivity index (χ3n) is 5.33. The summed E-state index contributed by atoms with van der Waals surface area (Å²) < 4.78 is 0. The van der Waals surface area contributed by atoms with Gasteiger partial charge in [0.1, 0.15) is 12.0 Å². The van der Waals surface area contributed by atoms with Crippen molar-refractivity contribution in [2.75, 3.05) is 0 Å². The maximum absolute atomic E-state index is 11.6. The van der Waals surface area contributed by atoms with Gasteiger partial charge in [-0.1, -0.05) is 39.8 Å². The van der Waals surface area contributed by atoms with E-state index in [1.54, 1.807) is 6.07 Å². The lowest BCUT2D eigenvalue weighted by Gasteiger charge is -2.43. The van der Waals surface area contributed by atoms with Gasteiger partial charge in [-0.3, -0.25) is 0 Å². The van der Waals surface area contributed by atoms with E-state index in [2.05, 4.69) is 27.7 Å². The van der Waals surface area contributed by atoms with Gasteiger partial charge in [-0.05, 0) is 29.4 Å². The van der Waals surface area contributed by atoms with Crippen LogP contribution in [-0.4, -0.2) is 11.4 Å². The Morgan fingerprint density at radius 3 is 2.24 bits per heavy atom. The molecule has 1 aliphatic carbocycles. The monoisotopic (exact) mass is 232 g/mol. The number of carbonyl (C=O) groups is 1. The fraction of sp³-hybridized carbons (Fsp3) is 0.533. The average Bonchev–Trinajstić information content (AvgIpc) is 2.37. The number of phenolic OH excluding ortho intramolecular Hbond substituents is 1. The highest BCUT2D eigenvalue weighted by molar-refractivity contribution is 5.77. The summed E-state index contributed by atoms with van der Waals surface area (Å²) in [7, 11) is 0. The highest BCUT2D eigenvalue weighted by Gasteiger charge is 2.60. The van der Waals surface area contributed by atoms with Crippen molar-refractivity contribution < 1.29 is 9.90 Å². The number of aromatic hydroxyl groups is 1. The van der Waals surface area contributed by atoms with Crippen LogP contribution in [0.5, 0.6) is 5.75 Å². The Bertz CT molecular complexity index is 486. The van der Waals surface area contributed by atoms with Crippen LogP contribution in [0.1, 0.15) is 45.7 Å². The largest absolute Gasteiger partial charge is 0.508 e. The molecule has 0 aromatic heterocycles. The summed E-state index contributed by atoms with van der Waals surface area (Å²) in [5.41, 5.74) is 0.860. The highest BCUT2D eigenvalue weighted by Crippen LogP contribution is 2.62. The normalized spacial score (nSPS) is 28.8. The second-order valence-electron chi connectivity index (χ2n) is 6.27. The van der Waals surface area contributed by atoms with Gasteiger partial charge in [0, 0.05) is 5.56 Å². The minimum absolute atomic E-state index is 0.142. The van der Waals surface area contributed by atoms with Gasteiger partial charge >= 0.3 is 0 Å². The summed E-state index contributed by atoms with van der Waals surface area (Å²) in [5, 5.41) is 10.1. The minimum atomic E-state index is -0.642. The molecular weight excluding hydrogens is 212 g/mol. The van der Waals surface area contributed by atoms with Gasteiger partial charge in [0.25, 0.3) is 0 Å². The van der Waals surface area contributed by atoms with Crippen molar-refractivity contribution in [2.45, 2.75) is 45.4 Å². The molecule has 0 heterocycles. The van der Waals surface area contributed by atoms with E-state index in [-0.39, 0.29) is 16.6 Å². The molecule has 0 fully saturated rings. The summed E-state index contributed by atoms with van der Waals surface area (Å²) in [6, 6.07) is 5.53. The van der Waals surface area contributed by atoms with Gasteiger partial charge < -0.3 is 9.90 Å². The lowest BCUT2D eigenvalue weighted by molar-refractivity contribution is -0.116. The van der Waals surface area contributed by atoms with E-state index in [9.17, 15) is 9.90 Å².